The minimum Gasteiger partial charge on any atom is -0.454 e. The van der Waals surface area contributed by atoms with Crippen molar-refractivity contribution in [3.63, 3.8) is 0 Å². The van der Waals surface area contributed by atoms with Gasteiger partial charge in [0, 0.05) is 29.9 Å². The molecule has 1 aliphatic heterocycles. The number of imidazole rings is 1. The van der Waals surface area contributed by atoms with E-state index in [1.807, 2.05) is 41.0 Å². The molecule has 22 heavy (non-hydrogen) atoms. The van der Waals surface area contributed by atoms with Crippen LogP contribution in [0.3, 0.4) is 0 Å². The van der Waals surface area contributed by atoms with Crippen molar-refractivity contribution < 1.29 is 14.6 Å². The van der Waals surface area contributed by atoms with E-state index in [1.54, 1.807) is 0 Å². The number of aliphatic hydroxyl groups is 1. The third-order valence-electron chi connectivity index (χ3n) is 3.71. The van der Waals surface area contributed by atoms with Crippen LogP contribution in [0.15, 0.2) is 36.4 Å². The molecule has 0 fully saturated rings. The van der Waals surface area contributed by atoms with Crippen molar-refractivity contribution in [2.45, 2.75) is 6.54 Å². The summed E-state index contributed by atoms with van der Waals surface area (Å²) in [4.78, 5) is 4.68. The zero-order valence-electron chi connectivity index (χ0n) is 11.8. The van der Waals surface area contributed by atoms with Crippen LogP contribution in [0.1, 0.15) is 0 Å². The molecule has 2 aromatic carbocycles. The molecule has 0 amide bonds. The quantitative estimate of drug-likeness (QED) is 0.723. The van der Waals surface area contributed by atoms with Gasteiger partial charge in [0.2, 0.25) is 6.79 Å². The van der Waals surface area contributed by atoms with Crippen molar-refractivity contribution >= 4 is 16.7 Å². The molecule has 0 atom stereocenters. The number of aromatic nitrogens is 2. The first kappa shape index (κ1) is 13.0. The second-order valence-corrected chi connectivity index (χ2v) is 5.13. The first-order valence-corrected chi connectivity index (χ1v) is 7.03. The second kappa shape index (κ2) is 4.92. The van der Waals surface area contributed by atoms with Gasteiger partial charge in [-0.1, -0.05) is 12.1 Å². The Balaban J connectivity index is 1.96. The summed E-state index contributed by atoms with van der Waals surface area (Å²) in [6, 6.07) is 11.3. The average molecular weight is 297 g/mol. The van der Waals surface area contributed by atoms with Gasteiger partial charge in [0.1, 0.15) is 5.82 Å². The molecule has 3 aromatic rings. The number of aliphatic hydroxyl groups excluding tert-OH is 1. The number of fused-ring (bicyclic) bond motifs is 2. The third kappa shape index (κ3) is 1.96. The van der Waals surface area contributed by atoms with E-state index in [-0.39, 0.29) is 13.4 Å². The maximum absolute atomic E-state index is 9.39. The molecule has 1 aromatic heterocycles. The van der Waals surface area contributed by atoms with Crippen LogP contribution >= 0.6 is 0 Å². The van der Waals surface area contributed by atoms with Crippen molar-refractivity contribution in [2.75, 3.05) is 19.1 Å². The van der Waals surface area contributed by atoms with Crippen molar-refractivity contribution in [1.29, 1.82) is 0 Å². The van der Waals surface area contributed by atoms with E-state index in [1.165, 1.54) is 0 Å². The van der Waals surface area contributed by atoms with Gasteiger partial charge in [-0.3, -0.25) is 0 Å². The summed E-state index contributed by atoms with van der Waals surface area (Å²) in [5, 5.41) is 9.39. The van der Waals surface area contributed by atoms with Gasteiger partial charge < -0.3 is 24.9 Å². The predicted molar refractivity (Wildman–Crippen MR) is 82.8 cm³/mol. The SMILES string of the molecule is Nc1cccc(-c2nc3cc4c(cc3n2CCO)OCO4)c1. The maximum Gasteiger partial charge on any atom is 0.231 e. The van der Waals surface area contributed by atoms with Gasteiger partial charge in [-0.25, -0.2) is 4.98 Å². The molecule has 0 saturated heterocycles. The second-order valence-electron chi connectivity index (χ2n) is 5.13. The fourth-order valence-corrected chi connectivity index (χ4v) is 2.74. The van der Waals surface area contributed by atoms with Gasteiger partial charge >= 0.3 is 0 Å². The van der Waals surface area contributed by atoms with Crippen LogP contribution in [0, 0.1) is 0 Å². The highest BCUT2D eigenvalue weighted by atomic mass is 16.7. The largest absolute Gasteiger partial charge is 0.454 e. The van der Waals surface area contributed by atoms with Crippen molar-refractivity contribution in [3.8, 4) is 22.9 Å². The molecular formula is C16H15N3O3. The van der Waals surface area contributed by atoms with Gasteiger partial charge in [0.25, 0.3) is 0 Å². The normalized spacial score (nSPS) is 13.0. The summed E-state index contributed by atoms with van der Waals surface area (Å²) in [6.07, 6.45) is 0. The first-order valence-electron chi connectivity index (χ1n) is 7.03. The number of nitrogens with zero attached hydrogens (tertiary/aromatic N) is 2. The van der Waals surface area contributed by atoms with E-state index in [4.69, 9.17) is 15.2 Å². The van der Waals surface area contributed by atoms with Crippen molar-refractivity contribution in [2.24, 2.45) is 0 Å². The van der Waals surface area contributed by atoms with Crippen molar-refractivity contribution in [3.05, 3.63) is 36.4 Å². The summed E-state index contributed by atoms with van der Waals surface area (Å²) in [5.41, 5.74) is 9.15. The molecule has 2 heterocycles. The highest BCUT2D eigenvalue weighted by Gasteiger charge is 2.19. The molecular weight excluding hydrogens is 282 g/mol. The van der Waals surface area contributed by atoms with Gasteiger partial charge in [-0.05, 0) is 12.1 Å². The summed E-state index contributed by atoms with van der Waals surface area (Å²) in [5.74, 6) is 2.16. The number of nitrogens with two attached hydrogens (primary N) is 1. The van der Waals surface area contributed by atoms with Gasteiger partial charge in [-0.2, -0.15) is 0 Å². The van der Waals surface area contributed by atoms with Crippen LogP contribution < -0.4 is 15.2 Å². The van der Waals surface area contributed by atoms with Gasteiger partial charge in [0.05, 0.1) is 17.6 Å². The molecule has 6 heteroatoms. The molecule has 112 valence electrons. The van der Waals surface area contributed by atoms with Gasteiger partial charge in [-0.15, -0.1) is 0 Å². The van der Waals surface area contributed by atoms with Crippen LogP contribution in [-0.4, -0.2) is 28.1 Å². The lowest BCUT2D eigenvalue weighted by Gasteiger charge is -2.08. The number of nitrogen functional groups attached to an aromatic ring is 1. The standard InChI is InChI=1S/C16H15N3O3/c17-11-3-1-2-10(6-11)16-18-12-7-14-15(22-9-21-14)8-13(12)19(16)4-5-20/h1-3,6-8,20H,4-5,9,17H2. The lowest BCUT2D eigenvalue weighted by Crippen LogP contribution is -2.04. The number of ether oxygens (including phenoxy) is 2. The topological polar surface area (TPSA) is 82.5 Å². The molecule has 0 spiro atoms. The van der Waals surface area contributed by atoms with Crippen LogP contribution in [0.25, 0.3) is 22.4 Å². The van der Waals surface area contributed by atoms with E-state index in [0.717, 1.165) is 22.4 Å². The Morgan fingerprint density at radius 1 is 1.18 bits per heavy atom. The highest BCUT2D eigenvalue weighted by Crippen LogP contribution is 2.37. The number of hydrogen-bond donors (Lipinski definition) is 2. The molecule has 0 aliphatic carbocycles. The minimum atomic E-state index is 0.0230. The Labute approximate surface area is 126 Å². The van der Waals surface area contributed by atoms with E-state index in [0.29, 0.717) is 23.7 Å². The molecule has 1 aliphatic rings. The van der Waals surface area contributed by atoms with Gasteiger partial charge in [0.15, 0.2) is 11.5 Å². The predicted octanol–water partition coefficient (Wildman–Crippen LogP) is 2.01. The Bertz CT molecular complexity index is 857. The molecule has 0 radical (unpaired) electrons. The zero-order chi connectivity index (χ0) is 15.1. The monoisotopic (exact) mass is 297 g/mol. The Morgan fingerprint density at radius 3 is 2.77 bits per heavy atom. The lowest BCUT2D eigenvalue weighted by atomic mass is 10.2. The summed E-state index contributed by atoms with van der Waals surface area (Å²) in [6.45, 7) is 0.694. The Hall–Kier alpha value is -2.73. The maximum atomic E-state index is 9.39. The zero-order valence-corrected chi connectivity index (χ0v) is 11.8. The van der Waals surface area contributed by atoms with E-state index in [2.05, 4.69) is 4.98 Å². The number of anilines is 1. The molecule has 0 saturated carbocycles. The molecule has 4 rings (SSSR count). The van der Waals surface area contributed by atoms with E-state index in [9.17, 15) is 5.11 Å². The molecule has 0 bridgehead atoms. The smallest absolute Gasteiger partial charge is 0.231 e. The summed E-state index contributed by atoms with van der Waals surface area (Å²) in [7, 11) is 0. The summed E-state index contributed by atoms with van der Waals surface area (Å²) >= 11 is 0. The summed E-state index contributed by atoms with van der Waals surface area (Å²) < 4.78 is 12.8. The number of hydrogen-bond acceptors (Lipinski definition) is 5. The first-order chi connectivity index (χ1) is 10.8. The number of benzene rings is 2. The van der Waals surface area contributed by atoms with Crippen LogP contribution in [0.2, 0.25) is 0 Å². The van der Waals surface area contributed by atoms with Crippen LogP contribution in [-0.2, 0) is 6.54 Å². The van der Waals surface area contributed by atoms with Crippen molar-refractivity contribution in [1.82, 2.24) is 9.55 Å². The van der Waals surface area contributed by atoms with Crippen LogP contribution in [0.5, 0.6) is 11.5 Å². The fraction of sp³-hybridized carbons (Fsp3) is 0.188. The van der Waals surface area contributed by atoms with E-state index < -0.39 is 0 Å². The fourth-order valence-electron chi connectivity index (χ4n) is 2.74. The van der Waals surface area contributed by atoms with E-state index >= 15 is 0 Å². The highest BCUT2D eigenvalue weighted by molar-refractivity contribution is 5.84. The molecule has 3 N–H and O–H groups in total. The lowest BCUT2D eigenvalue weighted by molar-refractivity contribution is 0.174. The number of rotatable bonds is 3. The molecule has 6 nitrogen and oxygen atoms in total. The minimum absolute atomic E-state index is 0.0230. The average Bonchev–Trinajstić information content (AvgIpc) is 3.10. The van der Waals surface area contributed by atoms with Crippen LogP contribution in [0.4, 0.5) is 5.69 Å². The Morgan fingerprint density at radius 2 is 2.00 bits per heavy atom. The third-order valence-corrected chi connectivity index (χ3v) is 3.71. The molecule has 0 unspecified atom stereocenters. The Kier molecular flexibility index (Phi) is 2.90.